The third-order valence-corrected chi connectivity index (χ3v) is 7.99. The Morgan fingerprint density at radius 1 is 1.00 bits per heavy atom. The van der Waals surface area contributed by atoms with Gasteiger partial charge in [0.25, 0.3) is 0 Å². The SMILES string of the molecule is CC1(C)CN(C(=O)Nc2cc(Cl)cc(Cl)c2)Cc2cc(N3CCC(N4CCOCC4)CC3)ccc21. The molecule has 0 spiro atoms. The van der Waals surface area contributed by atoms with Crippen molar-refractivity contribution in [3.63, 3.8) is 0 Å². The molecule has 188 valence electrons. The highest BCUT2D eigenvalue weighted by atomic mass is 35.5. The molecule has 2 saturated heterocycles. The molecule has 2 fully saturated rings. The number of anilines is 2. The molecule has 2 amide bonds. The summed E-state index contributed by atoms with van der Waals surface area (Å²) >= 11 is 12.2. The van der Waals surface area contributed by atoms with Crippen LogP contribution < -0.4 is 10.2 Å². The van der Waals surface area contributed by atoms with Crippen LogP contribution in [0.3, 0.4) is 0 Å². The highest BCUT2D eigenvalue weighted by molar-refractivity contribution is 6.35. The number of urea groups is 1. The third-order valence-electron chi connectivity index (χ3n) is 7.56. The van der Waals surface area contributed by atoms with Gasteiger partial charge in [-0.15, -0.1) is 0 Å². The molecule has 0 saturated carbocycles. The first kappa shape index (κ1) is 24.7. The number of nitrogens with one attached hydrogen (secondary N) is 1. The Labute approximate surface area is 218 Å². The van der Waals surface area contributed by atoms with Crippen LogP contribution in [0.2, 0.25) is 10.0 Å². The quantitative estimate of drug-likeness (QED) is 0.574. The van der Waals surface area contributed by atoms with Crippen LogP contribution in [0.25, 0.3) is 0 Å². The number of nitrogens with zero attached hydrogens (tertiary/aromatic N) is 3. The number of hydrogen-bond acceptors (Lipinski definition) is 4. The number of hydrogen-bond donors (Lipinski definition) is 1. The third kappa shape index (κ3) is 5.56. The van der Waals surface area contributed by atoms with Crippen LogP contribution >= 0.6 is 23.2 Å². The summed E-state index contributed by atoms with van der Waals surface area (Å²) in [7, 11) is 0. The number of amides is 2. The number of carbonyl (C=O) groups excluding carboxylic acids is 1. The van der Waals surface area contributed by atoms with E-state index in [4.69, 9.17) is 27.9 Å². The van der Waals surface area contributed by atoms with Crippen LogP contribution in [0.1, 0.15) is 37.8 Å². The lowest BCUT2D eigenvalue weighted by atomic mass is 9.78. The summed E-state index contributed by atoms with van der Waals surface area (Å²) in [5, 5.41) is 3.97. The average molecular weight is 518 g/mol. The maximum absolute atomic E-state index is 13.2. The molecule has 5 rings (SSSR count). The molecule has 0 atom stereocenters. The van der Waals surface area contributed by atoms with Gasteiger partial charge in [0.15, 0.2) is 0 Å². The summed E-state index contributed by atoms with van der Waals surface area (Å²) in [6.07, 6.45) is 2.36. The molecule has 3 aliphatic heterocycles. The van der Waals surface area contributed by atoms with Gasteiger partial charge in [0.05, 0.1) is 13.2 Å². The van der Waals surface area contributed by atoms with Gasteiger partial charge >= 0.3 is 6.03 Å². The van der Waals surface area contributed by atoms with E-state index in [1.807, 2.05) is 4.90 Å². The van der Waals surface area contributed by atoms with Gasteiger partial charge in [-0.1, -0.05) is 43.1 Å². The Bertz CT molecular complexity index is 1060. The largest absolute Gasteiger partial charge is 0.379 e. The fourth-order valence-electron chi connectivity index (χ4n) is 5.80. The zero-order chi connectivity index (χ0) is 24.6. The van der Waals surface area contributed by atoms with Crippen molar-refractivity contribution in [2.75, 3.05) is 56.2 Å². The van der Waals surface area contributed by atoms with Gasteiger partial charge in [0, 0.05) is 72.1 Å². The molecule has 0 aliphatic carbocycles. The molecule has 0 bridgehead atoms. The van der Waals surface area contributed by atoms with E-state index in [2.05, 4.69) is 47.2 Å². The molecule has 3 aliphatic rings. The highest BCUT2D eigenvalue weighted by Crippen LogP contribution is 2.36. The predicted molar refractivity (Wildman–Crippen MR) is 143 cm³/mol. The van der Waals surface area contributed by atoms with Gasteiger partial charge in [-0.3, -0.25) is 4.90 Å². The van der Waals surface area contributed by atoms with E-state index in [-0.39, 0.29) is 11.4 Å². The number of morpholine rings is 1. The van der Waals surface area contributed by atoms with Gasteiger partial charge in [0.1, 0.15) is 0 Å². The van der Waals surface area contributed by atoms with Crippen LogP contribution in [0.5, 0.6) is 0 Å². The molecule has 1 N–H and O–H groups in total. The lowest BCUT2D eigenvalue weighted by Crippen LogP contribution is -2.49. The standard InChI is InChI=1S/C27H34Cl2N4O2/c1-27(2)18-33(26(34)30-22-15-20(28)14-21(29)16-22)17-19-13-24(3-4-25(19)27)31-7-5-23(6-8-31)32-9-11-35-12-10-32/h3-4,13-16,23H,5-12,17-18H2,1-2H3,(H,30,34). The second-order valence-corrected chi connectivity index (χ2v) is 11.4. The van der Waals surface area contributed by atoms with Gasteiger partial charge in [-0.05, 0) is 54.3 Å². The number of ether oxygens (including phenoxy) is 1. The Balaban J connectivity index is 1.28. The molecule has 2 aromatic rings. The zero-order valence-electron chi connectivity index (χ0n) is 20.5. The number of piperidine rings is 1. The van der Waals surface area contributed by atoms with E-state index in [1.54, 1.807) is 18.2 Å². The molecular weight excluding hydrogens is 483 g/mol. The van der Waals surface area contributed by atoms with Crippen molar-refractivity contribution in [3.05, 3.63) is 57.6 Å². The van der Waals surface area contributed by atoms with E-state index < -0.39 is 0 Å². The fourth-order valence-corrected chi connectivity index (χ4v) is 6.32. The number of fused-ring (bicyclic) bond motifs is 1. The van der Waals surface area contributed by atoms with Crippen molar-refractivity contribution in [2.24, 2.45) is 0 Å². The summed E-state index contributed by atoms with van der Waals surface area (Å²) in [5.74, 6) is 0. The van der Waals surface area contributed by atoms with E-state index in [0.717, 1.165) is 39.4 Å². The monoisotopic (exact) mass is 516 g/mol. The van der Waals surface area contributed by atoms with Crippen molar-refractivity contribution >= 4 is 40.6 Å². The fraction of sp³-hybridized carbons (Fsp3) is 0.519. The predicted octanol–water partition coefficient (Wildman–Crippen LogP) is 5.62. The Kier molecular flexibility index (Phi) is 7.18. The molecular formula is C27H34Cl2N4O2. The Hall–Kier alpha value is -1.99. The lowest BCUT2D eigenvalue weighted by molar-refractivity contribution is 0.0115. The van der Waals surface area contributed by atoms with Crippen LogP contribution in [-0.4, -0.2) is 67.8 Å². The second kappa shape index (κ2) is 10.2. The first-order valence-electron chi connectivity index (χ1n) is 12.5. The summed E-state index contributed by atoms with van der Waals surface area (Å²) in [6, 6.07) is 12.4. The molecule has 35 heavy (non-hydrogen) atoms. The van der Waals surface area contributed by atoms with Crippen LogP contribution in [-0.2, 0) is 16.7 Å². The summed E-state index contributed by atoms with van der Waals surface area (Å²) in [5.41, 5.74) is 4.25. The first-order valence-corrected chi connectivity index (χ1v) is 13.3. The first-order chi connectivity index (χ1) is 16.8. The Morgan fingerprint density at radius 2 is 1.69 bits per heavy atom. The van der Waals surface area contributed by atoms with E-state index in [0.29, 0.717) is 34.9 Å². The van der Waals surface area contributed by atoms with Gasteiger partial charge < -0.3 is 19.9 Å². The average Bonchev–Trinajstić information content (AvgIpc) is 2.83. The number of rotatable bonds is 3. The van der Waals surface area contributed by atoms with E-state index >= 15 is 0 Å². The molecule has 0 aromatic heterocycles. The molecule has 0 unspecified atom stereocenters. The molecule has 2 aromatic carbocycles. The number of carbonyl (C=O) groups is 1. The number of benzene rings is 2. The smallest absolute Gasteiger partial charge is 0.322 e. The summed E-state index contributed by atoms with van der Waals surface area (Å²) in [4.78, 5) is 20.1. The summed E-state index contributed by atoms with van der Waals surface area (Å²) < 4.78 is 5.52. The van der Waals surface area contributed by atoms with Crippen molar-refractivity contribution in [1.82, 2.24) is 9.80 Å². The van der Waals surface area contributed by atoms with Crippen LogP contribution in [0.4, 0.5) is 16.2 Å². The maximum Gasteiger partial charge on any atom is 0.322 e. The molecule has 3 heterocycles. The van der Waals surface area contributed by atoms with Crippen molar-refractivity contribution < 1.29 is 9.53 Å². The lowest BCUT2D eigenvalue weighted by Gasteiger charge is -2.42. The normalized spacial score (nSPS) is 21.0. The molecule has 0 radical (unpaired) electrons. The maximum atomic E-state index is 13.2. The highest BCUT2D eigenvalue weighted by Gasteiger charge is 2.35. The van der Waals surface area contributed by atoms with Crippen LogP contribution in [0, 0.1) is 0 Å². The molecule has 6 nitrogen and oxygen atoms in total. The van der Waals surface area contributed by atoms with Gasteiger partial charge in [-0.25, -0.2) is 4.79 Å². The van der Waals surface area contributed by atoms with E-state index in [1.165, 1.54) is 29.7 Å². The van der Waals surface area contributed by atoms with Gasteiger partial charge in [0.2, 0.25) is 0 Å². The van der Waals surface area contributed by atoms with Gasteiger partial charge in [-0.2, -0.15) is 0 Å². The molecule has 8 heteroatoms. The Morgan fingerprint density at radius 3 is 2.37 bits per heavy atom. The minimum Gasteiger partial charge on any atom is -0.379 e. The topological polar surface area (TPSA) is 48.1 Å². The second-order valence-electron chi connectivity index (χ2n) is 10.5. The van der Waals surface area contributed by atoms with Crippen molar-refractivity contribution in [2.45, 2.75) is 44.7 Å². The van der Waals surface area contributed by atoms with Crippen LogP contribution in [0.15, 0.2) is 36.4 Å². The van der Waals surface area contributed by atoms with E-state index in [9.17, 15) is 4.79 Å². The minimum atomic E-state index is -0.140. The minimum absolute atomic E-state index is 0.140. The number of halogens is 2. The van der Waals surface area contributed by atoms with Crippen molar-refractivity contribution in [3.8, 4) is 0 Å². The van der Waals surface area contributed by atoms with Crippen molar-refractivity contribution in [1.29, 1.82) is 0 Å². The zero-order valence-corrected chi connectivity index (χ0v) is 22.0. The summed E-state index contributed by atoms with van der Waals surface area (Å²) in [6.45, 7) is 11.6.